The quantitative estimate of drug-likeness (QED) is 0.826. The van der Waals surface area contributed by atoms with E-state index in [-0.39, 0.29) is 0 Å². The lowest BCUT2D eigenvalue weighted by molar-refractivity contribution is 0.363. The van der Waals surface area contributed by atoms with Crippen LogP contribution >= 0.6 is 34.8 Å². The van der Waals surface area contributed by atoms with Crippen molar-refractivity contribution in [3.63, 3.8) is 0 Å². The van der Waals surface area contributed by atoms with Gasteiger partial charge >= 0.3 is 0 Å². The number of ether oxygens (including phenoxy) is 2. The van der Waals surface area contributed by atoms with Gasteiger partial charge in [0.2, 0.25) is 11.8 Å². The number of rotatable bonds is 5. The molecule has 5 nitrogen and oxygen atoms in total. The van der Waals surface area contributed by atoms with Crippen molar-refractivity contribution < 1.29 is 9.47 Å². The molecule has 1 N–H and O–H groups in total. The first-order valence-electron chi connectivity index (χ1n) is 5.87. The van der Waals surface area contributed by atoms with Crippen molar-refractivity contribution in [2.45, 2.75) is 6.54 Å². The van der Waals surface area contributed by atoms with E-state index < -0.39 is 0 Å². The van der Waals surface area contributed by atoms with E-state index >= 15 is 0 Å². The second kappa shape index (κ2) is 7.02. The summed E-state index contributed by atoms with van der Waals surface area (Å²) < 4.78 is 10.4. The minimum absolute atomic E-state index is 0.352. The molecule has 8 heteroatoms. The molecule has 0 aliphatic heterocycles. The van der Waals surface area contributed by atoms with Crippen molar-refractivity contribution >= 4 is 40.5 Å². The van der Waals surface area contributed by atoms with E-state index in [0.29, 0.717) is 44.6 Å². The third-order valence-corrected chi connectivity index (χ3v) is 3.75. The average Bonchev–Trinajstić information content (AvgIpc) is 2.49. The Bertz CT molecular complexity index is 631. The summed E-state index contributed by atoms with van der Waals surface area (Å²) in [5, 5.41) is 4.39. The zero-order valence-electron chi connectivity index (χ0n) is 11.3. The molecule has 112 valence electrons. The molecule has 1 aromatic carbocycles. The molecule has 0 unspecified atom stereocenters. The molecule has 1 aromatic heterocycles. The van der Waals surface area contributed by atoms with Crippen molar-refractivity contribution in [3.8, 4) is 11.8 Å². The topological polar surface area (TPSA) is 56.3 Å². The molecule has 1 heterocycles. The van der Waals surface area contributed by atoms with Crippen LogP contribution in [0.5, 0.6) is 11.8 Å². The van der Waals surface area contributed by atoms with E-state index in [1.165, 1.54) is 20.5 Å². The summed E-state index contributed by atoms with van der Waals surface area (Å²) in [6, 6.07) is 3.22. The van der Waals surface area contributed by atoms with Crippen molar-refractivity contribution in [1.82, 2.24) is 9.97 Å². The Kier molecular flexibility index (Phi) is 5.33. The molecule has 0 aliphatic rings. The maximum atomic E-state index is 6.12. The molecule has 2 aromatic rings. The van der Waals surface area contributed by atoms with Crippen LogP contribution in [0, 0.1) is 0 Å². The van der Waals surface area contributed by atoms with Gasteiger partial charge in [0.15, 0.2) is 0 Å². The van der Waals surface area contributed by atoms with Crippen LogP contribution in [-0.2, 0) is 6.54 Å². The van der Waals surface area contributed by atoms with Crippen LogP contribution in [0.4, 0.5) is 5.69 Å². The summed E-state index contributed by atoms with van der Waals surface area (Å²) in [4.78, 5) is 8.08. The smallest absolute Gasteiger partial charge is 0.225 e. The molecule has 0 atom stereocenters. The Balaban J connectivity index is 2.26. The monoisotopic (exact) mass is 347 g/mol. The van der Waals surface area contributed by atoms with Gasteiger partial charge in [0, 0.05) is 0 Å². The molecule has 0 spiro atoms. The summed E-state index contributed by atoms with van der Waals surface area (Å²) in [6.45, 7) is 0.352. The molecule has 21 heavy (non-hydrogen) atoms. The molecule has 0 fully saturated rings. The van der Waals surface area contributed by atoms with E-state index in [1.54, 1.807) is 12.1 Å². The number of nitrogens with one attached hydrogen (secondary N) is 1. The van der Waals surface area contributed by atoms with E-state index in [0.717, 1.165) is 0 Å². The third-order valence-electron chi connectivity index (χ3n) is 2.72. The Morgan fingerprint density at radius 2 is 1.52 bits per heavy atom. The lowest BCUT2D eigenvalue weighted by Crippen LogP contribution is -2.07. The number of anilines is 1. The summed E-state index contributed by atoms with van der Waals surface area (Å²) in [5.74, 6) is 0.844. The highest BCUT2D eigenvalue weighted by atomic mass is 35.5. The van der Waals surface area contributed by atoms with Gasteiger partial charge in [0.05, 0.1) is 47.1 Å². The Morgan fingerprint density at radius 1 is 0.952 bits per heavy atom. The van der Waals surface area contributed by atoms with Crippen LogP contribution in [0.15, 0.2) is 18.5 Å². The van der Waals surface area contributed by atoms with Crippen LogP contribution in [0.2, 0.25) is 15.1 Å². The molecule has 0 bridgehead atoms. The molecule has 0 radical (unpaired) electrons. The maximum absolute atomic E-state index is 6.12. The lowest BCUT2D eigenvalue weighted by atomic mass is 10.2. The van der Waals surface area contributed by atoms with Gasteiger partial charge in [-0.05, 0) is 12.1 Å². The molecule has 0 saturated heterocycles. The van der Waals surface area contributed by atoms with Gasteiger partial charge in [0.1, 0.15) is 6.33 Å². The predicted molar refractivity (Wildman–Crippen MR) is 83.9 cm³/mol. The molecule has 2 rings (SSSR count). The molecule has 0 amide bonds. The van der Waals surface area contributed by atoms with E-state index in [9.17, 15) is 0 Å². The van der Waals surface area contributed by atoms with Crippen LogP contribution in [0.1, 0.15) is 5.56 Å². The highest BCUT2D eigenvalue weighted by Gasteiger charge is 2.14. The number of methoxy groups -OCH3 is 2. The zero-order valence-corrected chi connectivity index (χ0v) is 13.6. The standard InChI is InChI=1S/C13H12Cl3N3O2/c1-20-12-7(13(21-2)19-6-18-12)5-17-11-4-9(15)8(14)3-10(11)16/h3-4,6,17H,5H2,1-2H3. The number of hydrogen-bond donors (Lipinski definition) is 1. The largest absolute Gasteiger partial charge is 0.481 e. The minimum atomic E-state index is 0.352. The normalized spacial score (nSPS) is 10.3. The van der Waals surface area contributed by atoms with Crippen molar-refractivity contribution in [2.24, 2.45) is 0 Å². The van der Waals surface area contributed by atoms with E-state index in [1.807, 2.05) is 0 Å². The zero-order chi connectivity index (χ0) is 15.4. The Hall–Kier alpha value is -1.43. The van der Waals surface area contributed by atoms with Crippen LogP contribution in [-0.4, -0.2) is 24.2 Å². The number of benzene rings is 1. The molecule has 0 aliphatic carbocycles. The van der Waals surface area contributed by atoms with Gasteiger partial charge in [-0.25, -0.2) is 9.97 Å². The van der Waals surface area contributed by atoms with E-state index in [4.69, 9.17) is 44.3 Å². The van der Waals surface area contributed by atoms with Crippen LogP contribution in [0.3, 0.4) is 0 Å². The first-order valence-corrected chi connectivity index (χ1v) is 7.00. The fourth-order valence-electron chi connectivity index (χ4n) is 1.73. The van der Waals surface area contributed by atoms with E-state index in [2.05, 4.69) is 15.3 Å². The SMILES string of the molecule is COc1ncnc(OC)c1CNc1cc(Cl)c(Cl)cc1Cl. The lowest BCUT2D eigenvalue weighted by Gasteiger charge is -2.13. The van der Waals surface area contributed by atoms with Crippen molar-refractivity contribution in [1.29, 1.82) is 0 Å². The summed E-state index contributed by atoms with van der Waals surface area (Å²) in [7, 11) is 3.05. The predicted octanol–water partition coefficient (Wildman–Crippen LogP) is 4.07. The van der Waals surface area contributed by atoms with Gasteiger partial charge < -0.3 is 14.8 Å². The average molecular weight is 349 g/mol. The maximum Gasteiger partial charge on any atom is 0.225 e. The number of aromatic nitrogens is 2. The summed E-state index contributed by atoms with van der Waals surface area (Å²) in [6.07, 6.45) is 1.37. The van der Waals surface area contributed by atoms with Gasteiger partial charge in [-0.3, -0.25) is 0 Å². The molecular formula is C13H12Cl3N3O2. The fourth-order valence-corrected chi connectivity index (χ4v) is 2.34. The van der Waals surface area contributed by atoms with Gasteiger partial charge in [-0.2, -0.15) is 0 Å². The molecular weight excluding hydrogens is 337 g/mol. The van der Waals surface area contributed by atoms with Gasteiger partial charge in [0.25, 0.3) is 0 Å². The number of hydrogen-bond acceptors (Lipinski definition) is 5. The van der Waals surface area contributed by atoms with Crippen LogP contribution < -0.4 is 14.8 Å². The first-order chi connectivity index (χ1) is 10.1. The van der Waals surface area contributed by atoms with Crippen LogP contribution in [0.25, 0.3) is 0 Å². The Labute approximate surface area is 137 Å². The second-order valence-electron chi connectivity index (χ2n) is 3.97. The van der Waals surface area contributed by atoms with Crippen molar-refractivity contribution in [3.05, 3.63) is 39.1 Å². The van der Waals surface area contributed by atoms with Gasteiger partial charge in [-0.1, -0.05) is 34.8 Å². The summed E-state index contributed by atoms with van der Waals surface area (Å²) in [5.41, 5.74) is 1.31. The summed E-state index contributed by atoms with van der Waals surface area (Å²) >= 11 is 18.0. The highest BCUT2D eigenvalue weighted by Crippen LogP contribution is 2.33. The first kappa shape index (κ1) is 15.9. The molecule has 0 saturated carbocycles. The Morgan fingerprint density at radius 3 is 2.10 bits per heavy atom. The van der Waals surface area contributed by atoms with Crippen molar-refractivity contribution in [2.75, 3.05) is 19.5 Å². The fraction of sp³-hybridized carbons (Fsp3) is 0.231. The second-order valence-corrected chi connectivity index (χ2v) is 5.19. The minimum Gasteiger partial charge on any atom is -0.481 e. The van der Waals surface area contributed by atoms with Gasteiger partial charge in [-0.15, -0.1) is 0 Å². The third kappa shape index (κ3) is 3.61. The highest BCUT2D eigenvalue weighted by molar-refractivity contribution is 6.44. The number of nitrogens with zero attached hydrogens (tertiary/aromatic N) is 2. The number of halogens is 3.